The van der Waals surface area contributed by atoms with Crippen LogP contribution < -0.4 is 5.56 Å². The highest BCUT2D eigenvalue weighted by molar-refractivity contribution is 7.89. The van der Waals surface area contributed by atoms with E-state index in [1.807, 2.05) is 13.0 Å². The zero-order valence-electron chi connectivity index (χ0n) is 23.4. The molecule has 10 heteroatoms. The summed E-state index contributed by atoms with van der Waals surface area (Å²) in [5.74, 6) is -0.216. The third-order valence-electron chi connectivity index (χ3n) is 8.27. The summed E-state index contributed by atoms with van der Waals surface area (Å²) in [6.07, 6.45) is 3.46. The number of benzene rings is 3. The molecule has 0 aliphatic carbocycles. The van der Waals surface area contributed by atoms with Crippen LogP contribution >= 0.6 is 0 Å². The molecule has 42 heavy (non-hydrogen) atoms. The molecule has 9 nitrogen and oxygen atoms in total. The Balaban J connectivity index is 1.23. The predicted molar refractivity (Wildman–Crippen MR) is 159 cm³/mol. The molecule has 0 N–H and O–H groups in total. The van der Waals surface area contributed by atoms with Crippen molar-refractivity contribution in [1.82, 2.24) is 18.8 Å². The summed E-state index contributed by atoms with van der Waals surface area (Å²) in [5, 5.41) is 0.485. The fourth-order valence-corrected chi connectivity index (χ4v) is 7.62. The summed E-state index contributed by atoms with van der Waals surface area (Å²) in [6.45, 7) is 2.89. The number of fused-ring (bicyclic) bond motifs is 2. The van der Waals surface area contributed by atoms with Crippen molar-refractivity contribution in [2.75, 3.05) is 13.1 Å². The van der Waals surface area contributed by atoms with Crippen molar-refractivity contribution in [3.63, 3.8) is 0 Å². The van der Waals surface area contributed by atoms with E-state index in [0.29, 0.717) is 47.4 Å². The number of hydrogen-bond donors (Lipinski definition) is 0. The summed E-state index contributed by atoms with van der Waals surface area (Å²) in [4.78, 5) is 45.6. The van der Waals surface area contributed by atoms with Crippen LogP contribution in [0.25, 0.3) is 10.9 Å². The first-order chi connectivity index (χ1) is 20.3. The Morgan fingerprint density at radius 3 is 2.17 bits per heavy atom. The minimum atomic E-state index is -3.57. The van der Waals surface area contributed by atoms with Crippen LogP contribution in [0.5, 0.6) is 0 Å². The van der Waals surface area contributed by atoms with Gasteiger partial charge in [-0.1, -0.05) is 42.8 Å². The normalized spacial score (nSPS) is 17.6. The van der Waals surface area contributed by atoms with Crippen molar-refractivity contribution in [2.45, 2.75) is 56.5 Å². The molecule has 1 aromatic heterocycles. The molecule has 1 saturated heterocycles. The molecule has 6 rings (SSSR count). The predicted octanol–water partition coefficient (Wildman–Crippen LogP) is 4.04. The maximum absolute atomic E-state index is 13.6. The average Bonchev–Trinajstić information content (AvgIpc) is 3.25. The Bertz CT molecular complexity index is 1810. The lowest BCUT2D eigenvalue weighted by atomic mass is 10.1. The Labute approximate surface area is 244 Å². The smallest absolute Gasteiger partial charge is 0.261 e. The third-order valence-corrected chi connectivity index (χ3v) is 10.3. The van der Waals surface area contributed by atoms with Crippen LogP contribution in [0.2, 0.25) is 0 Å². The number of carbonyl (C=O) groups is 2. The minimum absolute atomic E-state index is 0.0190. The molecule has 3 aromatic carbocycles. The maximum Gasteiger partial charge on any atom is 0.261 e. The molecule has 0 bridgehead atoms. The van der Waals surface area contributed by atoms with Gasteiger partial charge in [-0.3, -0.25) is 23.9 Å². The number of amides is 2. The lowest BCUT2D eigenvalue weighted by molar-refractivity contribution is 0.0655. The van der Waals surface area contributed by atoms with Gasteiger partial charge >= 0.3 is 0 Å². The van der Waals surface area contributed by atoms with Gasteiger partial charge in [0.05, 0.1) is 26.9 Å². The van der Waals surface area contributed by atoms with E-state index in [-0.39, 0.29) is 41.3 Å². The standard InChI is InChI=1S/C32H32N4O5S/c1-22-8-6-7-19-36(22)42(40,41)24-15-13-23(14-16-24)17-20-34-29(33-28-12-5-4-11-27(28)32(34)39)18-21-35-30(37)25-9-2-3-10-26(25)31(35)38/h2-5,9-16,22H,6-8,17-21H2,1H3. The summed E-state index contributed by atoms with van der Waals surface area (Å²) in [6, 6.07) is 20.7. The molecule has 1 fully saturated rings. The first-order valence-electron chi connectivity index (χ1n) is 14.3. The second-order valence-corrected chi connectivity index (χ2v) is 12.8. The van der Waals surface area contributed by atoms with Crippen LogP contribution in [-0.4, -0.2) is 58.1 Å². The fraction of sp³-hybridized carbons (Fsp3) is 0.312. The van der Waals surface area contributed by atoms with E-state index in [1.54, 1.807) is 75.6 Å². The van der Waals surface area contributed by atoms with Crippen molar-refractivity contribution in [3.05, 3.63) is 106 Å². The van der Waals surface area contributed by atoms with Crippen molar-refractivity contribution in [2.24, 2.45) is 0 Å². The molecule has 216 valence electrons. The first kappa shape index (κ1) is 28.0. The van der Waals surface area contributed by atoms with Crippen LogP contribution in [0.3, 0.4) is 0 Å². The number of nitrogens with zero attached hydrogens (tertiary/aromatic N) is 4. The molecule has 2 amide bonds. The first-order valence-corrected chi connectivity index (χ1v) is 15.7. The second-order valence-electron chi connectivity index (χ2n) is 10.9. The number of aryl methyl sites for hydroxylation is 1. The van der Waals surface area contributed by atoms with Gasteiger partial charge in [-0.05, 0) is 68.1 Å². The molecule has 2 aliphatic rings. The van der Waals surface area contributed by atoms with E-state index in [9.17, 15) is 22.8 Å². The molecule has 0 saturated carbocycles. The van der Waals surface area contributed by atoms with Gasteiger partial charge in [0.2, 0.25) is 10.0 Å². The molecule has 4 aromatic rings. The SMILES string of the molecule is CC1CCCCN1S(=O)(=O)c1ccc(CCn2c(CCN3C(=O)c4ccccc4C3=O)nc3ccccc3c2=O)cc1. The Morgan fingerprint density at radius 1 is 0.810 bits per heavy atom. The number of rotatable bonds is 8. The summed E-state index contributed by atoms with van der Waals surface area (Å²) < 4.78 is 29.6. The van der Waals surface area contributed by atoms with Crippen LogP contribution in [0, 0.1) is 0 Å². The highest BCUT2D eigenvalue weighted by atomic mass is 32.2. The van der Waals surface area contributed by atoms with Crippen molar-refractivity contribution in [3.8, 4) is 0 Å². The van der Waals surface area contributed by atoms with Crippen LogP contribution in [0.1, 0.15) is 58.3 Å². The monoisotopic (exact) mass is 584 g/mol. The van der Waals surface area contributed by atoms with Gasteiger partial charge in [-0.2, -0.15) is 4.31 Å². The van der Waals surface area contributed by atoms with Crippen LogP contribution in [-0.2, 0) is 29.4 Å². The molecule has 0 radical (unpaired) electrons. The van der Waals surface area contributed by atoms with E-state index in [1.165, 1.54) is 4.90 Å². The number of sulfonamides is 1. The topological polar surface area (TPSA) is 110 Å². The van der Waals surface area contributed by atoms with Crippen LogP contribution in [0.4, 0.5) is 0 Å². The molecule has 3 heterocycles. The van der Waals surface area contributed by atoms with E-state index >= 15 is 0 Å². The zero-order valence-corrected chi connectivity index (χ0v) is 24.2. The zero-order chi connectivity index (χ0) is 29.4. The number of hydrogen-bond acceptors (Lipinski definition) is 6. The Hall–Kier alpha value is -4.15. The highest BCUT2D eigenvalue weighted by Crippen LogP contribution is 2.26. The van der Waals surface area contributed by atoms with Gasteiger partial charge in [0.15, 0.2) is 0 Å². The number of para-hydroxylation sites is 1. The number of piperidine rings is 1. The number of imide groups is 1. The molecular weight excluding hydrogens is 552 g/mol. The van der Waals surface area contributed by atoms with Gasteiger partial charge in [0.1, 0.15) is 5.82 Å². The van der Waals surface area contributed by atoms with Gasteiger partial charge in [-0.15, -0.1) is 0 Å². The highest BCUT2D eigenvalue weighted by Gasteiger charge is 2.35. The summed E-state index contributed by atoms with van der Waals surface area (Å²) in [5.41, 5.74) is 2.00. The van der Waals surface area contributed by atoms with Crippen molar-refractivity contribution in [1.29, 1.82) is 0 Å². The Kier molecular flexibility index (Phi) is 7.51. The number of carbonyl (C=O) groups excluding carboxylic acids is 2. The fourth-order valence-electron chi connectivity index (χ4n) is 5.92. The van der Waals surface area contributed by atoms with Gasteiger partial charge in [0, 0.05) is 32.1 Å². The molecular formula is C32H32N4O5S. The molecule has 1 atom stereocenters. The van der Waals surface area contributed by atoms with Crippen molar-refractivity contribution >= 4 is 32.7 Å². The van der Waals surface area contributed by atoms with Gasteiger partial charge < -0.3 is 0 Å². The third kappa shape index (κ3) is 5.05. The molecule has 2 aliphatic heterocycles. The van der Waals surface area contributed by atoms with E-state index in [2.05, 4.69) is 0 Å². The quantitative estimate of drug-likeness (QED) is 0.289. The maximum atomic E-state index is 13.6. The average molecular weight is 585 g/mol. The lowest BCUT2D eigenvalue weighted by Crippen LogP contribution is -2.41. The summed E-state index contributed by atoms with van der Waals surface area (Å²) >= 11 is 0. The van der Waals surface area contributed by atoms with Crippen LogP contribution in [0.15, 0.2) is 82.5 Å². The van der Waals surface area contributed by atoms with Gasteiger partial charge in [0.25, 0.3) is 17.4 Å². The molecule has 0 spiro atoms. The lowest BCUT2D eigenvalue weighted by Gasteiger charge is -2.32. The number of aromatic nitrogens is 2. The van der Waals surface area contributed by atoms with Gasteiger partial charge in [-0.25, -0.2) is 13.4 Å². The Morgan fingerprint density at radius 2 is 1.48 bits per heavy atom. The molecule has 1 unspecified atom stereocenters. The second kappa shape index (κ2) is 11.3. The van der Waals surface area contributed by atoms with Crippen molar-refractivity contribution < 1.29 is 18.0 Å². The summed E-state index contributed by atoms with van der Waals surface area (Å²) in [7, 11) is -3.57. The minimum Gasteiger partial charge on any atom is -0.296 e. The van der Waals surface area contributed by atoms with E-state index in [0.717, 1.165) is 24.8 Å². The largest absolute Gasteiger partial charge is 0.296 e. The van der Waals surface area contributed by atoms with E-state index < -0.39 is 10.0 Å². The van der Waals surface area contributed by atoms with E-state index in [4.69, 9.17) is 4.98 Å².